The normalized spacial score (nSPS) is 27.1. The van der Waals surface area contributed by atoms with Crippen molar-refractivity contribution in [2.45, 2.75) is 78.3 Å². The number of rotatable bonds is 3. The molecular formula is C19H30N5-. The molecule has 24 heavy (non-hydrogen) atoms. The molecule has 0 N–H and O–H groups in total. The quantitative estimate of drug-likeness (QED) is 0.847. The van der Waals surface area contributed by atoms with Crippen molar-refractivity contribution in [2.24, 2.45) is 11.3 Å². The van der Waals surface area contributed by atoms with Gasteiger partial charge in [-0.05, 0) is 37.1 Å². The van der Waals surface area contributed by atoms with Gasteiger partial charge in [0, 0.05) is 24.4 Å². The summed E-state index contributed by atoms with van der Waals surface area (Å²) >= 11 is 0. The Morgan fingerprint density at radius 3 is 2.75 bits per heavy atom. The minimum atomic E-state index is 0.0624. The van der Waals surface area contributed by atoms with E-state index in [9.17, 15) is 0 Å². The van der Waals surface area contributed by atoms with Crippen LogP contribution in [0.1, 0.15) is 65.5 Å². The zero-order valence-corrected chi connectivity index (χ0v) is 15.7. The van der Waals surface area contributed by atoms with Gasteiger partial charge >= 0.3 is 0 Å². The van der Waals surface area contributed by atoms with E-state index in [0.717, 1.165) is 25.3 Å². The molecule has 5 nitrogen and oxygen atoms in total. The van der Waals surface area contributed by atoms with E-state index in [2.05, 4.69) is 66.0 Å². The van der Waals surface area contributed by atoms with E-state index in [1.165, 1.54) is 25.1 Å². The molecule has 0 spiro atoms. The molecule has 3 aliphatic rings. The molecule has 1 aromatic rings. The lowest BCUT2D eigenvalue weighted by Crippen LogP contribution is -2.30. The first-order chi connectivity index (χ1) is 11.3. The number of aromatic nitrogens is 3. The van der Waals surface area contributed by atoms with Crippen molar-refractivity contribution in [3.63, 3.8) is 0 Å². The Morgan fingerprint density at radius 1 is 1.21 bits per heavy atom. The molecule has 4 rings (SSSR count). The van der Waals surface area contributed by atoms with Gasteiger partial charge in [0.25, 0.3) is 0 Å². The Bertz CT molecular complexity index is 664. The van der Waals surface area contributed by atoms with Gasteiger partial charge in [-0.1, -0.05) is 40.2 Å². The van der Waals surface area contributed by atoms with Gasteiger partial charge in [-0.15, -0.1) is 10.2 Å². The van der Waals surface area contributed by atoms with E-state index in [1.807, 2.05) is 0 Å². The second-order valence-electron chi connectivity index (χ2n) is 9.48. The lowest BCUT2D eigenvalue weighted by atomic mass is 9.74. The molecule has 1 saturated heterocycles. The van der Waals surface area contributed by atoms with Crippen LogP contribution in [0.15, 0.2) is 11.8 Å². The maximum Gasteiger partial charge on any atom is 0.138 e. The Labute approximate surface area is 145 Å². The van der Waals surface area contributed by atoms with E-state index in [1.54, 1.807) is 5.57 Å². The maximum absolute atomic E-state index is 4.64. The minimum Gasteiger partial charge on any atom is -0.626 e. The average molecular weight is 328 g/mol. The van der Waals surface area contributed by atoms with E-state index < -0.39 is 0 Å². The zero-order chi connectivity index (χ0) is 17.1. The van der Waals surface area contributed by atoms with Gasteiger partial charge in [0.05, 0.1) is 0 Å². The first kappa shape index (κ1) is 16.1. The fourth-order valence-electron chi connectivity index (χ4n) is 4.84. The molecule has 3 aliphatic heterocycles. The zero-order valence-electron chi connectivity index (χ0n) is 15.7. The highest BCUT2D eigenvalue weighted by Crippen LogP contribution is 2.46. The van der Waals surface area contributed by atoms with Crippen molar-refractivity contribution < 1.29 is 0 Å². The monoisotopic (exact) mass is 328 g/mol. The first-order valence-corrected chi connectivity index (χ1v) is 9.36. The summed E-state index contributed by atoms with van der Waals surface area (Å²) in [6.45, 7) is 13.7. The molecule has 0 amide bonds. The average Bonchev–Trinajstić information content (AvgIpc) is 3.13. The van der Waals surface area contributed by atoms with Crippen molar-refractivity contribution in [1.29, 1.82) is 0 Å². The summed E-state index contributed by atoms with van der Waals surface area (Å²) in [6.07, 6.45) is 6.96. The van der Waals surface area contributed by atoms with Crippen molar-refractivity contribution >= 4 is 0 Å². The summed E-state index contributed by atoms with van der Waals surface area (Å²) in [4.78, 5) is 0. The van der Waals surface area contributed by atoms with Crippen molar-refractivity contribution in [1.82, 2.24) is 19.8 Å². The van der Waals surface area contributed by atoms with E-state index in [0.29, 0.717) is 12.0 Å². The second-order valence-corrected chi connectivity index (χ2v) is 9.48. The fraction of sp³-hybridized carbons (Fsp3) is 0.789. The highest BCUT2D eigenvalue weighted by Gasteiger charge is 2.38. The van der Waals surface area contributed by atoms with Crippen LogP contribution in [0.25, 0.3) is 5.43 Å². The standard InChI is InChI=1S/C19H30N5/c1-18(2,3)17-22-21-16-9-13(12-23(16)17)10-19(4,5)14-11-20-24-8-6-7-15(14)24/h11,13,15H,6-10,12H2,1-5H3/q-1. The van der Waals surface area contributed by atoms with Crippen molar-refractivity contribution in [2.75, 3.05) is 6.54 Å². The van der Waals surface area contributed by atoms with Crippen LogP contribution in [0.3, 0.4) is 0 Å². The Balaban J connectivity index is 1.48. The van der Waals surface area contributed by atoms with Crippen LogP contribution in [0.4, 0.5) is 0 Å². The largest absolute Gasteiger partial charge is 0.626 e. The number of hydrogen-bond donors (Lipinski definition) is 0. The highest BCUT2D eigenvalue weighted by molar-refractivity contribution is 5.31. The third kappa shape index (κ3) is 2.57. The van der Waals surface area contributed by atoms with Crippen LogP contribution in [-0.4, -0.2) is 32.4 Å². The topological polar surface area (TPSA) is 48.1 Å². The van der Waals surface area contributed by atoms with E-state index >= 15 is 0 Å². The van der Waals surface area contributed by atoms with Crippen LogP contribution in [0.5, 0.6) is 0 Å². The van der Waals surface area contributed by atoms with Crippen LogP contribution >= 0.6 is 0 Å². The molecule has 0 bridgehead atoms. The van der Waals surface area contributed by atoms with Gasteiger partial charge in [-0.3, -0.25) is 0 Å². The molecule has 1 fully saturated rings. The summed E-state index contributed by atoms with van der Waals surface area (Å²) in [5, 5.41) is 11.2. The van der Waals surface area contributed by atoms with Gasteiger partial charge in [-0.2, -0.15) is 6.20 Å². The van der Waals surface area contributed by atoms with Crippen molar-refractivity contribution in [3.05, 3.63) is 28.8 Å². The second kappa shape index (κ2) is 5.32. The Hall–Kier alpha value is -1.36. The SMILES string of the molecule is CC(C)(CC1Cc2nnc(C(C)(C)C)n2C1)C1=C[N-]N2CCCC12. The Morgan fingerprint density at radius 2 is 2.00 bits per heavy atom. The summed E-state index contributed by atoms with van der Waals surface area (Å²) < 4.78 is 2.37. The molecule has 2 atom stereocenters. The van der Waals surface area contributed by atoms with E-state index in [4.69, 9.17) is 0 Å². The van der Waals surface area contributed by atoms with Crippen LogP contribution in [0, 0.1) is 11.3 Å². The minimum absolute atomic E-state index is 0.0624. The smallest absolute Gasteiger partial charge is 0.138 e. The van der Waals surface area contributed by atoms with Crippen LogP contribution < -0.4 is 0 Å². The fourth-order valence-corrected chi connectivity index (χ4v) is 4.84. The first-order valence-electron chi connectivity index (χ1n) is 9.36. The third-order valence-corrected chi connectivity index (χ3v) is 5.92. The summed E-state index contributed by atoms with van der Waals surface area (Å²) in [6, 6.07) is 0.560. The molecule has 132 valence electrons. The van der Waals surface area contributed by atoms with Crippen molar-refractivity contribution in [3.8, 4) is 0 Å². The van der Waals surface area contributed by atoms with E-state index in [-0.39, 0.29) is 10.8 Å². The third-order valence-electron chi connectivity index (χ3n) is 5.92. The number of nitrogens with zero attached hydrogens (tertiary/aromatic N) is 5. The number of fused-ring (bicyclic) bond motifs is 2. The highest BCUT2D eigenvalue weighted by atomic mass is 15.5. The summed E-state index contributed by atoms with van der Waals surface area (Å²) in [5.41, 5.74) is 6.45. The van der Waals surface area contributed by atoms with Gasteiger partial charge in [0.1, 0.15) is 11.6 Å². The molecule has 0 saturated carbocycles. The molecule has 5 heteroatoms. The Kier molecular flexibility index (Phi) is 3.57. The lowest BCUT2D eigenvalue weighted by molar-refractivity contribution is 0.271. The predicted octanol–water partition coefficient (Wildman–Crippen LogP) is 3.81. The number of hydrogen-bond acceptors (Lipinski definition) is 3. The van der Waals surface area contributed by atoms with Gasteiger partial charge in [-0.25, -0.2) is 0 Å². The molecule has 4 heterocycles. The molecule has 0 radical (unpaired) electrons. The van der Waals surface area contributed by atoms with Crippen LogP contribution in [-0.2, 0) is 18.4 Å². The summed E-state index contributed by atoms with van der Waals surface area (Å²) in [7, 11) is 0. The maximum atomic E-state index is 4.64. The van der Waals surface area contributed by atoms with Gasteiger partial charge in [0.2, 0.25) is 0 Å². The van der Waals surface area contributed by atoms with Gasteiger partial charge in [0.15, 0.2) is 0 Å². The molecule has 1 aromatic heterocycles. The predicted molar refractivity (Wildman–Crippen MR) is 95.5 cm³/mol. The lowest BCUT2D eigenvalue weighted by Gasteiger charge is -2.36. The molecular weight excluding hydrogens is 298 g/mol. The summed E-state index contributed by atoms with van der Waals surface area (Å²) in [5.74, 6) is 2.96. The molecule has 2 unspecified atom stereocenters. The van der Waals surface area contributed by atoms with Crippen LogP contribution in [0.2, 0.25) is 0 Å². The molecule has 0 aliphatic carbocycles. The molecule has 0 aromatic carbocycles. The van der Waals surface area contributed by atoms with Gasteiger partial charge < -0.3 is 15.0 Å².